The molecule has 0 atom stereocenters. The highest BCUT2D eigenvalue weighted by molar-refractivity contribution is 6.31. The lowest BCUT2D eigenvalue weighted by Crippen LogP contribution is -2.24. The maximum absolute atomic E-state index is 11.1. The van der Waals surface area contributed by atoms with Gasteiger partial charge in [-0.2, -0.15) is 0 Å². The second-order valence-corrected chi connectivity index (χ2v) is 5.08. The van der Waals surface area contributed by atoms with E-state index in [-0.39, 0.29) is 22.7 Å². The van der Waals surface area contributed by atoms with Crippen molar-refractivity contribution < 1.29 is 4.92 Å². The smallest absolute Gasteiger partial charge is 0.348 e. The lowest BCUT2D eigenvalue weighted by Gasteiger charge is -2.23. The molecule has 1 fully saturated rings. The Hall–Kier alpha value is -1.43. The van der Waals surface area contributed by atoms with Crippen molar-refractivity contribution in [3.63, 3.8) is 0 Å². The van der Waals surface area contributed by atoms with Gasteiger partial charge in [-0.15, -0.1) is 0 Å². The van der Waals surface area contributed by atoms with Crippen LogP contribution in [0.3, 0.4) is 0 Å². The molecule has 0 bridgehead atoms. The van der Waals surface area contributed by atoms with Crippen LogP contribution in [0, 0.1) is 10.1 Å². The number of aromatic nitrogens is 2. The predicted molar refractivity (Wildman–Crippen MR) is 73.6 cm³/mol. The van der Waals surface area contributed by atoms with Gasteiger partial charge in [0.2, 0.25) is 11.0 Å². The Morgan fingerprint density at radius 1 is 1.37 bits per heavy atom. The molecule has 1 heterocycles. The van der Waals surface area contributed by atoms with Crippen LogP contribution in [-0.2, 0) is 6.42 Å². The van der Waals surface area contributed by atoms with Crippen molar-refractivity contribution in [2.45, 2.75) is 51.5 Å². The zero-order valence-electron chi connectivity index (χ0n) is 10.9. The molecule has 19 heavy (non-hydrogen) atoms. The molecular formula is C12H17ClN4O2. The fraction of sp³-hybridized carbons (Fsp3) is 0.667. The Bertz CT molecular complexity index is 475. The maximum Gasteiger partial charge on any atom is 0.348 e. The Morgan fingerprint density at radius 3 is 2.63 bits per heavy atom. The second-order valence-electron chi connectivity index (χ2n) is 4.72. The number of hydrogen-bond donors (Lipinski definition) is 1. The highest BCUT2D eigenvalue weighted by atomic mass is 35.5. The van der Waals surface area contributed by atoms with Crippen LogP contribution in [0.1, 0.15) is 44.9 Å². The quantitative estimate of drug-likeness (QED) is 0.521. The standard InChI is InChI=1S/C12H17ClN4O2/c1-2-9-15-11(13)10(17(18)19)12(16-9)14-8-6-4-3-5-7-8/h8H,2-7H2,1H3,(H,14,15,16). The van der Waals surface area contributed by atoms with E-state index in [0.717, 1.165) is 25.7 Å². The molecule has 0 amide bonds. The third-order valence-electron chi connectivity index (χ3n) is 3.33. The van der Waals surface area contributed by atoms with E-state index in [1.165, 1.54) is 6.42 Å². The zero-order valence-corrected chi connectivity index (χ0v) is 11.6. The summed E-state index contributed by atoms with van der Waals surface area (Å²) in [6.45, 7) is 1.89. The summed E-state index contributed by atoms with van der Waals surface area (Å²) in [5, 5.41) is 14.2. The van der Waals surface area contributed by atoms with Gasteiger partial charge in [0.25, 0.3) is 0 Å². The van der Waals surface area contributed by atoms with Crippen LogP contribution >= 0.6 is 11.6 Å². The van der Waals surface area contributed by atoms with Crippen LogP contribution in [0.5, 0.6) is 0 Å². The Morgan fingerprint density at radius 2 is 2.05 bits per heavy atom. The summed E-state index contributed by atoms with van der Waals surface area (Å²) in [6, 6.07) is 0.239. The summed E-state index contributed by atoms with van der Waals surface area (Å²) in [5.74, 6) is 0.780. The van der Waals surface area contributed by atoms with Crippen LogP contribution in [0.15, 0.2) is 0 Å². The van der Waals surface area contributed by atoms with Gasteiger partial charge in [0.1, 0.15) is 5.82 Å². The van der Waals surface area contributed by atoms with E-state index in [0.29, 0.717) is 12.2 Å². The van der Waals surface area contributed by atoms with Crippen molar-refractivity contribution in [1.82, 2.24) is 9.97 Å². The predicted octanol–water partition coefficient (Wildman–Crippen LogP) is 3.35. The van der Waals surface area contributed by atoms with Gasteiger partial charge in [0.05, 0.1) is 4.92 Å². The average Bonchev–Trinajstić information content (AvgIpc) is 2.38. The van der Waals surface area contributed by atoms with E-state index in [9.17, 15) is 10.1 Å². The minimum atomic E-state index is -0.521. The lowest BCUT2D eigenvalue weighted by atomic mass is 9.95. The van der Waals surface area contributed by atoms with Gasteiger partial charge < -0.3 is 5.32 Å². The summed E-state index contributed by atoms with van der Waals surface area (Å²) in [4.78, 5) is 18.7. The maximum atomic E-state index is 11.1. The number of halogens is 1. The molecule has 0 aromatic carbocycles. The molecule has 0 saturated heterocycles. The average molecular weight is 285 g/mol. The summed E-state index contributed by atoms with van der Waals surface area (Å²) in [5.41, 5.74) is -0.218. The van der Waals surface area contributed by atoms with Gasteiger partial charge in [0.15, 0.2) is 0 Å². The largest absolute Gasteiger partial charge is 0.361 e. The topological polar surface area (TPSA) is 81.0 Å². The van der Waals surface area contributed by atoms with Crippen LogP contribution < -0.4 is 5.32 Å². The number of aryl methyl sites for hydroxylation is 1. The van der Waals surface area contributed by atoms with Crippen LogP contribution in [0.4, 0.5) is 11.5 Å². The Balaban J connectivity index is 2.29. The van der Waals surface area contributed by atoms with E-state index in [1.807, 2.05) is 6.92 Å². The SMILES string of the molecule is CCc1nc(Cl)c([N+](=O)[O-])c(NC2CCCCC2)n1. The summed E-state index contributed by atoms with van der Waals surface area (Å²) in [6.07, 6.45) is 6.14. The number of anilines is 1. The summed E-state index contributed by atoms with van der Waals surface area (Å²) in [7, 11) is 0. The van der Waals surface area contributed by atoms with Gasteiger partial charge >= 0.3 is 5.69 Å². The van der Waals surface area contributed by atoms with Gasteiger partial charge in [0, 0.05) is 12.5 Å². The van der Waals surface area contributed by atoms with E-state index in [4.69, 9.17) is 11.6 Å². The number of nitrogens with one attached hydrogen (secondary N) is 1. The molecule has 0 radical (unpaired) electrons. The van der Waals surface area contributed by atoms with Crippen LogP contribution in [-0.4, -0.2) is 20.9 Å². The summed E-state index contributed by atoms with van der Waals surface area (Å²) < 4.78 is 0. The normalized spacial score (nSPS) is 16.3. The van der Waals surface area contributed by atoms with E-state index in [1.54, 1.807) is 0 Å². The van der Waals surface area contributed by atoms with E-state index < -0.39 is 4.92 Å². The molecule has 7 heteroatoms. The van der Waals surface area contributed by atoms with Gasteiger partial charge in [-0.25, -0.2) is 9.97 Å². The molecule has 0 aliphatic heterocycles. The molecule has 0 unspecified atom stereocenters. The van der Waals surface area contributed by atoms with Gasteiger partial charge in [-0.05, 0) is 12.8 Å². The molecule has 0 spiro atoms. The fourth-order valence-corrected chi connectivity index (χ4v) is 2.59. The second kappa shape index (κ2) is 6.14. The Kier molecular flexibility index (Phi) is 4.52. The molecule has 1 aliphatic carbocycles. The minimum absolute atomic E-state index is 0.0878. The Labute approximate surface area is 116 Å². The van der Waals surface area contributed by atoms with Crippen molar-refractivity contribution in [3.05, 3.63) is 21.1 Å². The molecule has 1 N–H and O–H groups in total. The zero-order chi connectivity index (χ0) is 13.8. The van der Waals surface area contributed by atoms with Crippen molar-refractivity contribution >= 4 is 23.1 Å². The molecular weight excluding hydrogens is 268 g/mol. The fourth-order valence-electron chi connectivity index (χ4n) is 2.33. The molecule has 6 nitrogen and oxygen atoms in total. The van der Waals surface area contributed by atoms with Crippen molar-refractivity contribution in [3.8, 4) is 0 Å². The van der Waals surface area contributed by atoms with E-state index >= 15 is 0 Å². The molecule has 1 saturated carbocycles. The molecule has 1 aromatic heterocycles. The number of rotatable bonds is 4. The number of hydrogen-bond acceptors (Lipinski definition) is 5. The molecule has 1 aliphatic rings. The minimum Gasteiger partial charge on any atom is -0.361 e. The van der Waals surface area contributed by atoms with Gasteiger partial charge in [-0.1, -0.05) is 37.8 Å². The number of nitro groups is 1. The number of nitrogens with zero attached hydrogens (tertiary/aromatic N) is 3. The monoisotopic (exact) mass is 284 g/mol. The molecule has 1 aromatic rings. The summed E-state index contributed by atoms with van der Waals surface area (Å²) >= 11 is 5.89. The van der Waals surface area contributed by atoms with E-state index in [2.05, 4.69) is 15.3 Å². The van der Waals surface area contributed by atoms with Crippen LogP contribution in [0.2, 0.25) is 5.15 Å². The lowest BCUT2D eigenvalue weighted by molar-refractivity contribution is -0.384. The first-order chi connectivity index (χ1) is 9.11. The van der Waals surface area contributed by atoms with Crippen molar-refractivity contribution in [2.24, 2.45) is 0 Å². The highest BCUT2D eigenvalue weighted by Gasteiger charge is 2.25. The molecule has 2 rings (SSSR count). The van der Waals surface area contributed by atoms with Crippen molar-refractivity contribution in [1.29, 1.82) is 0 Å². The first-order valence-electron chi connectivity index (χ1n) is 6.59. The van der Waals surface area contributed by atoms with Crippen LogP contribution in [0.25, 0.3) is 0 Å². The first-order valence-corrected chi connectivity index (χ1v) is 6.97. The molecule has 104 valence electrons. The van der Waals surface area contributed by atoms with Crippen molar-refractivity contribution in [2.75, 3.05) is 5.32 Å². The highest BCUT2D eigenvalue weighted by Crippen LogP contribution is 2.31. The first kappa shape index (κ1) is 14.0. The van der Waals surface area contributed by atoms with Gasteiger partial charge in [-0.3, -0.25) is 10.1 Å². The third kappa shape index (κ3) is 3.32. The third-order valence-corrected chi connectivity index (χ3v) is 3.60.